The van der Waals surface area contributed by atoms with Gasteiger partial charge in [0, 0.05) is 23.4 Å². The van der Waals surface area contributed by atoms with E-state index in [4.69, 9.17) is 9.72 Å². The van der Waals surface area contributed by atoms with E-state index in [1.165, 1.54) is 17.3 Å². The molecule has 2 aromatic heterocycles. The number of esters is 1. The fraction of sp³-hybridized carbons (Fsp3) is 0.472. The van der Waals surface area contributed by atoms with Gasteiger partial charge >= 0.3 is 5.97 Å². The number of nitrogens with zero attached hydrogens (tertiary/aromatic N) is 2. The zero-order valence-electron chi connectivity index (χ0n) is 25.2. The topological polar surface area (TPSA) is 106 Å². The van der Waals surface area contributed by atoms with Crippen LogP contribution in [0.15, 0.2) is 77.5 Å². The molecule has 0 spiro atoms. The molecule has 5 unspecified atom stereocenters. The smallest absolute Gasteiger partial charge is 0.357 e. The molecular weight excluding hydrogens is 572 g/mol. The summed E-state index contributed by atoms with van der Waals surface area (Å²) in [6.45, 7) is 4.28. The molecule has 7 atom stereocenters. The van der Waals surface area contributed by atoms with E-state index in [-0.39, 0.29) is 46.2 Å². The molecule has 4 aliphatic rings. The van der Waals surface area contributed by atoms with Gasteiger partial charge in [-0.3, -0.25) is 9.59 Å². The number of fused-ring (bicyclic) bond motifs is 6. The number of thioether (sulfide) groups is 1. The molecule has 0 radical (unpaired) electrons. The summed E-state index contributed by atoms with van der Waals surface area (Å²) in [5.74, 6) is -0.229. The molecule has 0 aliphatic heterocycles. The Balaban J connectivity index is 1.23. The molecular formula is C36H38N2O5S. The lowest BCUT2D eigenvalue weighted by Gasteiger charge is -2.60. The fourth-order valence-corrected chi connectivity index (χ4v) is 10.3. The number of hydrogen-bond donors (Lipinski definition) is 1. The van der Waals surface area contributed by atoms with Gasteiger partial charge < -0.3 is 9.84 Å². The van der Waals surface area contributed by atoms with Crippen LogP contribution in [0.2, 0.25) is 0 Å². The Morgan fingerprint density at radius 3 is 2.66 bits per heavy atom. The molecule has 0 bridgehead atoms. The molecule has 7 nitrogen and oxygen atoms in total. The van der Waals surface area contributed by atoms with E-state index < -0.39 is 23.1 Å². The maximum Gasteiger partial charge on any atom is 0.357 e. The van der Waals surface area contributed by atoms with E-state index in [1.54, 1.807) is 24.4 Å². The van der Waals surface area contributed by atoms with Crippen LogP contribution in [-0.4, -0.2) is 50.1 Å². The van der Waals surface area contributed by atoms with Gasteiger partial charge in [-0.1, -0.05) is 61.5 Å². The van der Waals surface area contributed by atoms with Crippen molar-refractivity contribution in [1.82, 2.24) is 9.97 Å². The number of ether oxygens (including phenoxy) is 1. The standard InChI is InChI=1S/C36H38N2O5S/c1-34-16-14-24(39)19-23(34)11-12-25-26-15-17-36(35(26,2)20-29(40)32(25)34,43-33(42)28-9-5-6-18-37-28)30(41)21-44-31-13-10-22-7-3-4-8-27(22)38-31/h3-10,13,18-19,25-26,29,32,40H,11-12,14-17,20-21H2,1-2H3/t25?,26?,29-,32?,34?,35?,36-/m0/s1. The minimum atomic E-state index is -1.40. The van der Waals surface area contributed by atoms with E-state index >= 15 is 0 Å². The van der Waals surface area contributed by atoms with Crippen molar-refractivity contribution in [2.45, 2.75) is 75.5 Å². The Hall–Kier alpha value is -3.36. The molecule has 0 saturated heterocycles. The summed E-state index contributed by atoms with van der Waals surface area (Å²) >= 11 is 1.36. The van der Waals surface area contributed by atoms with Crippen molar-refractivity contribution in [2.24, 2.45) is 28.6 Å². The summed E-state index contributed by atoms with van der Waals surface area (Å²) in [5.41, 5.74) is -0.208. The Morgan fingerprint density at radius 2 is 1.84 bits per heavy atom. The number of aromatic nitrogens is 2. The van der Waals surface area contributed by atoms with Crippen molar-refractivity contribution in [3.05, 3.63) is 78.1 Å². The van der Waals surface area contributed by atoms with Crippen LogP contribution in [0.3, 0.4) is 0 Å². The zero-order valence-corrected chi connectivity index (χ0v) is 26.0. The number of hydrogen-bond acceptors (Lipinski definition) is 8. The third-order valence-corrected chi connectivity index (χ3v) is 12.5. The molecule has 1 aromatic carbocycles. The van der Waals surface area contributed by atoms with Gasteiger partial charge in [-0.05, 0) is 92.0 Å². The van der Waals surface area contributed by atoms with E-state index in [1.807, 2.05) is 42.5 Å². The lowest BCUT2D eigenvalue weighted by atomic mass is 9.45. The summed E-state index contributed by atoms with van der Waals surface area (Å²) in [5, 5.41) is 13.7. The van der Waals surface area contributed by atoms with Gasteiger partial charge in [-0.15, -0.1) is 0 Å². The first kappa shape index (κ1) is 29.4. The Morgan fingerprint density at radius 1 is 1.02 bits per heavy atom. The maximum atomic E-state index is 14.6. The zero-order chi connectivity index (χ0) is 30.7. The highest BCUT2D eigenvalue weighted by atomic mass is 32.2. The van der Waals surface area contributed by atoms with E-state index in [9.17, 15) is 19.5 Å². The summed E-state index contributed by atoms with van der Waals surface area (Å²) in [6.07, 6.45) is 7.11. The summed E-state index contributed by atoms with van der Waals surface area (Å²) < 4.78 is 6.40. The predicted octanol–water partition coefficient (Wildman–Crippen LogP) is 6.39. The van der Waals surface area contributed by atoms with Crippen LogP contribution in [0.5, 0.6) is 0 Å². The van der Waals surface area contributed by atoms with Gasteiger partial charge in [0.2, 0.25) is 0 Å². The van der Waals surface area contributed by atoms with Gasteiger partial charge in [0.05, 0.1) is 22.4 Å². The molecule has 8 heteroatoms. The number of allylic oxidation sites excluding steroid dienone is 1. The van der Waals surface area contributed by atoms with Gasteiger partial charge in [0.25, 0.3) is 0 Å². The van der Waals surface area contributed by atoms with Gasteiger partial charge in [0.15, 0.2) is 17.2 Å². The SMILES string of the molecule is CC12CCC(=O)C=C1CCC1C2[C@@H](O)CC2(C)C1CC[C@]2(OC(=O)c1ccccn1)C(=O)CSc1ccc2ccccc2n1. The van der Waals surface area contributed by atoms with E-state index in [0.717, 1.165) is 41.6 Å². The number of carbonyl (C=O) groups is 3. The first-order valence-corrected chi connectivity index (χ1v) is 16.7. The second kappa shape index (κ2) is 10.9. The largest absolute Gasteiger partial charge is 0.446 e. The Labute approximate surface area is 261 Å². The number of pyridine rings is 2. The molecule has 1 N–H and O–H groups in total. The number of aliphatic hydroxyl groups is 1. The predicted molar refractivity (Wildman–Crippen MR) is 168 cm³/mol. The number of ketones is 2. The number of rotatable bonds is 6. The average Bonchev–Trinajstić information content (AvgIpc) is 3.32. The maximum absolute atomic E-state index is 14.6. The number of aliphatic hydroxyl groups excluding tert-OH is 1. The second-order valence-corrected chi connectivity index (χ2v) is 14.6. The van der Waals surface area contributed by atoms with Gasteiger partial charge in [-0.2, -0.15) is 0 Å². The molecule has 4 aliphatic carbocycles. The normalized spacial score (nSPS) is 34.4. The molecule has 2 heterocycles. The van der Waals surface area contributed by atoms with Crippen molar-refractivity contribution in [1.29, 1.82) is 0 Å². The number of carbonyl (C=O) groups excluding carboxylic acids is 3. The van der Waals surface area contributed by atoms with E-state index in [0.29, 0.717) is 19.3 Å². The summed E-state index contributed by atoms with van der Waals surface area (Å²) in [4.78, 5) is 49.4. The van der Waals surface area contributed by atoms with Crippen LogP contribution in [0.4, 0.5) is 0 Å². The summed E-state index contributed by atoms with van der Waals surface area (Å²) in [6, 6.07) is 16.9. The van der Waals surface area contributed by atoms with Crippen molar-refractivity contribution < 1.29 is 24.2 Å². The molecule has 3 fully saturated rings. The third kappa shape index (κ3) is 4.55. The molecule has 7 rings (SSSR count). The van der Waals surface area contributed by atoms with Crippen LogP contribution in [0, 0.1) is 28.6 Å². The molecule has 0 amide bonds. The van der Waals surface area contributed by atoms with Crippen LogP contribution >= 0.6 is 11.8 Å². The third-order valence-electron chi connectivity index (χ3n) is 11.5. The van der Waals surface area contributed by atoms with Crippen LogP contribution in [-0.2, 0) is 14.3 Å². The first-order valence-electron chi connectivity index (χ1n) is 15.7. The number of Topliss-reactive ketones (excluding diaryl/α,β-unsaturated/α-hetero) is 1. The van der Waals surface area contributed by atoms with E-state index in [2.05, 4.69) is 18.8 Å². The van der Waals surface area contributed by atoms with Crippen LogP contribution < -0.4 is 0 Å². The molecule has 3 aromatic rings. The van der Waals surface area contributed by atoms with Crippen molar-refractivity contribution in [2.75, 3.05) is 5.75 Å². The van der Waals surface area contributed by atoms with Gasteiger partial charge in [-0.25, -0.2) is 14.8 Å². The highest BCUT2D eigenvalue weighted by Gasteiger charge is 2.70. The van der Waals surface area contributed by atoms with Crippen molar-refractivity contribution >= 4 is 40.2 Å². The van der Waals surface area contributed by atoms with Crippen molar-refractivity contribution in [3.8, 4) is 0 Å². The monoisotopic (exact) mass is 610 g/mol. The minimum Gasteiger partial charge on any atom is -0.446 e. The molecule has 44 heavy (non-hydrogen) atoms. The first-order chi connectivity index (χ1) is 21.1. The quantitative estimate of drug-likeness (QED) is 0.253. The van der Waals surface area contributed by atoms with Crippen LogP contribution in [0.1, 0.15) is 69.3 Å². The minimum absolute atomic E-state index is 0.00208. The fourth-order valence-electron chi connectivity index (χ4n) is 9.44. The Kier molecular flexibility index (Phi) is 7.28. The highest BCUT2D eigenvalue weighted by molar-refractivity contribution is 7.99. The Bertz CT molecular complexity index is 1680. The molecule has 228 valence electrons. The lowest BCUT2D eigenvalue weighted by molar-refractivity contribution is -0.180. The number of para-hydroxylation sites is 1. The van der Waals surface area contributed by atoms with Crippen LogP contribution in [0.25, 0.3) is 10.9 Å². The molecule has 3 saturated carbocycles. The average molecular weight is 611 g/mol. The number of benzene rings is 1. The second-order valence-electron chi connectivity index (χ2n) is 13.6. The summed E-state index contributed by atoms with van der Waals surface area (Å²) in [7, 11) is 0. The lowest BCUT2D eigenvalue weighted by Crippen LogP contribution is -2.63. The van der Waals surface area contributed by atoms with Crippen molar-refractivity contribution in [3.63, 3.8) is 0 Å². The van der Waals surface area contributed by atoms with Gasteiger partial charge in [0.1, 0.15) is 5.69 Å². The highest BCUT2D eigenvalue weighted by Crippen LogP contribution is 2.68.